The Balaban J connectivity index is 2.36. The zero-order chi connectivity index (χ0) is 11.5. The zero-order valence-corrected chi connectivity index (χ0v) is 9.53. The van der Waals surface area contributed by atoms with Gasteiger partial charge < -0.3 is 14.4 Å². The summed E-state index contributed by atoms with van der Waals surface area (Å²) < 4.78 is 10.4. The second-order valence-corrected chi connectivity index (χ2v) is 3.69. The second-order valence-electron chi connectivity index (χ2n) is 3.69. The van der Waals surface area contributed by atoms with Gasteiger partial charge in [0.25, 0.3) is 0 Å². The van der Waals surface area contributed by atoms with Crippen LogP contribution in [-0.4, -0.2) is 26.7 Å². The first-order valence-electron chi connectivity index (χ1n) is 5.28. The van der Waals surface area contributed by atoms with Crippen molar-refractivity contribution >= 4 is 11.6 Å². The molecule has 0 unspecified atom stereocenters. The Labute approximate surface area is 94.8 Å². The highest BCUT2D eigenvalue weighted by molar-refractivity contribution is 5.96. The minimum absolute atomic E-state index is 0.156. The lowest BCUT2D eigenvalue weighted by molar-refractivity contribution is -0.117. The van der Waals surface area contributed by atoms with Crippen LogP contribution < -0.4 is 14.4 Å². The van der Waals surface area contributed by atoms with E-state index in [-0.39, 0.29) is 5.91 Å². The lowest BCUT2D eigenvalue weighted by Crippen LogP contribution is -2.24. The van der Waals surface area contributed by atoms with Gasteiger partial charge in [0.05, 0.1) is 19.9 Å². The number of carbonyl (C=O) groups excluding carboxylic acids is 1. The SMILES string of the molecule is COc1ccc(N2CCCC2=O)c(OC)c1. The van der Waals surface area contributed by atoms with Gasteiger partial charge in [0.15, 0.2) is 0 Å². The molecule has 1 aromatic rings. The minimum Gasteiger partial charge on any atom is -0.497 e. The summed E-state index contributed by atoms with van der Waals surface area (Å²) >= 11 is 0. The summed E-state index contributed by atoms with van der Waals surface area (Å²) in [4.78, 5) is 13.4. The lowest BCUT2D eigenvalue weighted by atomic mass is 10.2. The molecule has 0 atom stereocenters. The predicted molar refractivity (Wildman–Crippen MR) is 61.1 cm³/mol. The van der Waals surface area contributed by atoms with E-state index in [1.54, 1.807) is 25.2 Å². The van der Waals surface area contributed by atoms with Crippen LogP contribution in [-0.2, 0) is 4.79 Å². The topological polar surface area (TPSA) is 38.8 Å². The molecule has 0 aliphatic carbocycles. The number of hydrogen-bond acceptors (Lipinski definition) is 3. The van der Waals surface area contributed by atoms with Crippen molar-refractivity contribution in [2.24, 2.45) is 0 Å². The van der Waals surface area contributed by atoms with Crippen molar-refractivity contribution in [3.8, 4) is 11.5 Å². The van der Waals surface area contributed by atoms with Crippen LogP contribution >= 0.6 is 0 Å². The highest BCUT2D eigenvalue weighted by Crippen LogP contribution is 2.34. The molecule has 0 radical (unpaired) electrons. The smallest absolute Gasteiger partial charge is 0.227 e. The maximum Gasteiger partial charge on any atom is 0.227 e. The zero-order valence-electron chi connectivity index (χ0n) is 9.53. The van der Waals surface area contributed by atoms with E-state index >= 15 is 0 Å². The number of methoxy groups -OCH3 is 2. The fraction of sp³-hybridized carbons (Fsp3) is 0.417. The van der Waals surface area contributed by atoms with Crippen LogP contribution in [0.25, 0.3) is 0 Å². The highest BCUT2D eigenvalue weighted by atomic mass is 16.5. The molecule has 16 heavy (non-hydrogen) atoms. The Hall–Kier alpha value is -1.71. The van der Waals surface area contributed by atoms with Gasteiger partial charge in [0, 0.05) is 19.0 Å². The summed E-state index contributed by atoms with van der Waals surface area (Å²) in [5.74, 6) is 1.56. The Kier molecular flexibility index (Phi) is 2.99. The van der Waals surface area contributed by atoms with Crippen molar-refractivity contribution in [3.63, 3.8) is 0 Å². The molecule has 1 heterocycles. The fourth-order valence-electron chi connectivity index (χ4n) is 1.91. The number of ether oxygens (including phenoxy) is 2. The van der Waals surface area contributed by atoms with E-state index in [9.17, 15) is 4.79 Å². The predicted octanol–water partition coefficient (Wildman–Crippen LogP) is 1.83. The van der Waals surface area contributed by atoms with E-state index in [0.29, 0.717) is 12.2 Å². The molecule has 1 fully saturated rings. The monoisotopic (exact) mass is 221 g/mol. The summed E-state index contributed by atoms with van der Waals surface area (Å²) in [6.07, 6.45) is 1.53. The van der Waals surface area contributed by atoms with Crippen LogP contribution in [0.15, 0.2) is 18.2 Å². The maximum absolute atomic E-state index is 11.6. The van der Waals surface area contributed by atoms with Crippen LogP contribution in [0.5, 0.6) is 11.5 Å². The first-order valence-corrected chi connectivity index (χ1v) is 5.28. The number of rotatable bonds is 3. The van der Waals surface area contributed by atoms with Crippen molar-refractivity contribution in [1.82, 2.24) is 0 Å². The van der Waals surface area contributed by atoms with Gasteiger partial charge in [0.2, 0.25) is 5.91 Å². The molecule has 1 aliphatic heterocycles. The molecule has 4 heteroatoms. The molecule has 0 bridgehead atoms. The van der Waals surface area contributed by atoms with Gasteiger partial charge in [-0.3, -0.25) is 4.79 Å². The van der Waals surface area contributed by atoms with Gasteiger partial charge in [-0.05, 0) is 18.6 Å². The van der Waals surface area contributed by atoms with E-state index in [1.165, 1.54) is 0 Å². The maximum atomic E-state index is 11.6. The largest absolute Gasteiger partial charge is 0.497 e. The summed E-state index contributed by atoms with van der Waals surface area (Å²) in [6.45, 7) is 0.765. The fourth-order valence-corrected chi connectivity index (χ4v) is 1.91. The molecule has 0 saturated carbocycles. The molecule has 4 nitrogen and oxygen atoms in total. The average molecular weight is 221 g/mol. The summed E-state index contributed by atoms with van der Waals surface area (Å²) in [5, 5.41) is 0. The number of hydrogen-bond donors (Lipinski definition) is 0. The molecule has 0 spiro atoms. The van der Waals surface area contributed by atoms with Crippen LogP contribution in [0.2, 0.25) is 0 Å². The Morgan fingerprint density at radius 2 is 2.06 bits per heavy atom. The molecule has 86 valence electrons. The second kappa shape index (κ2) is 4.43. The van der Waals surface area contributed by atoms with E-state index in [4.69, 9.17) is 9.47 Å². The number of carbonyl (C=O) groups is 1. The van der Waals surface area contributed by atoms with Crippen LogP contribution in [0.4, 0.5) is 5.69 Å². The van der Waals surface area contributed by atoms with Crippen LogP contribution in [0.3, 0.4) is 0 Å². The van der Waals surface area contributed by atoms with E-state index in [2.05, 4.69) is 0 Å². The number of amides is 1. The third-order valence-corrected chi connectivity index (χ3v) is 2.75. The molecule has 2 rings (SSSR count). The van der Waals surface area contributed by atoms with E-state index in [1.807, 2.05) is 12.1 Å². The first-order chi connectivity index (χ1) is 7.76. The van der Waals surface area contributed by atoms with E-state index in [0.717, 1.165) is 24.4 Å². The highest BCUT2D eigenvalue weighted by Gasteiger charge is 2.24. The molecule has 1 saturated heterocycles. The van der Waals surface area contributed by atoms with Gasteiger partial charge in [-0.2, -0.15) is 0 Å². The summed E-state index contributed by atoms with van der Waals surface area (Å²) in [6, 6.07) is 5.49. The molecular formula is C12H15NO3. The normalized spacial score (nSPS) is 15.4. The average Bonchev–Trinajstić information content (AvgIpc) is 2.74. The molecule has 0 N–H and O–H groups in total. The molecule has 1 aliphatic rings. The molecule has 1 aromatic carbocycles. The van der Waals surface area contributed by atoms with E-state index < -0.39 is 0 Å². The van der Waals surface area contributed by atoms with Gasteiger partial charge >= 0.3 is 0 Å². The van der Waals surface area contributed by atoms with Crippen LogP contribution in [0.1, 0.15) is 12.8 Å². The van der Waals surface area contributed by atoms with Gasteiger partial charge in [0.1, 0.15) is 11.5 Å². The van der Waals surface area contributed by atoms with Crippen molar-refractivity contribution < 1.29 is 14.3 Å². The van der Waals surface area contributed by atoms with Gasteiger partial charge in [-0.1, -0.05) is 0 Å². The standard InChI is InChI=1S/C12H15NO3/c1-15-9-5-6-10(11(8-9)16-2)13-7-3-4-12(13)14/h5-6,8H,3-4,7H2,1-2H3. The number of nitrogens with zero attached hydrogens (tertiary/aromatic N) is 1. The number of anilines is 1. The molecule has 0 aromatic heterocycles. The minimum atomic E-state index is 0.156. The van der Waals surface area contributed by atoms with Gasteiger partial charge in [-0.15, -0.1) is 0 Å². The number of benzene rings is 1. The first kappa shape index (κ1) is 10.8. The Morgan fingerprint density at radius 3 is 2.62 bits per heavy atom. The van der Waals surface area contributed by atoms with Gasteiger partial charge in [-0.25, -0.2) is 0 Å². The molecular weight excluding hydrogens is 206 g/mol. The van der Waals surface area contributed by atoms with Crippen molar-refractivity contribution in [2.75, 3.05) is 25.7 Å². The Bertz CT molecular complexity index is 403. The van der Waals surface area contributed by atoms with Crippen molar-refractivity contribution in [3.05, 3.63) is 18.2 Å². The lowest BCUT2D eigenvalue weighted by Gasteiger charge is -2.19. The summed E-state index contributed by atoms with van der Waals surface area (Å²) in [5.41, 5.74) is 0.825. The van der Waals surface area contributed by atoms with Crippen molar-refractivity contribution in [1.29, 1.82) is 0 Å². The third-order valence-electron chi connectivity index (χ3n) is 2.75. The third kappa shape index (κ3) is 1.83. The summed E-state index contributed by atoms with van der Waals surface area (Å²) in [7, 11) is 3.20. The Morgan fingerprint density at radius 1 is 1.25 bits per heavy atom. The molecule has 1 amide bonds. The van der Waals surface area contributed by atoms with Crippen LogP contribution in [0, 0.1) is 0 Å². The van der Waals surface area contributed by atoms with Crippen molar-refractivity contribution in [2.45, 2.75) is 12.8 Å². The quantitative estimate of drug-likeness (QED) is 0.781.